The van der Waals surface area contributed by atoms with E-state index in [1.54, 1.807) is 13.8 Å². The van der Waals surface area contributed by atoms with Crippen molar-refractivity contribution in [2.75, 3.05) is 5.75 Å². The van der Waals surface area contributed by atoms with Gasteiger partial charge in [-0.15, -0.1) is 11.8 Å². The van der Waals surface area contributed by atoms with Gasteiger partial charge in [-0.2, -0.15) is 0 Å². The second-order valence-electron chi connectivity index (χ2n) is 3.93. The van der Waals surface area contributed by atoms with E-state index < -0.39 is 5.97 Å². The average Bonchev–Trinajstić information content (AvgIpc) is 2.14. The quantitative estimate of drug-likeness (QED) is 0.507. The number of rotatable bonds is 4. The number of allylic oxidation sites excluding steroid dienone is 1. The van der Waals surface area contributed by atoms with E-state index in [2.05, 4.69) is 9.97 Å². The van der Waals surface area contributed by atoms with Crippen LogP contribution in [0.15, 0.2) is 16.7 Å². The number of carbonyl (C=O) groups is 1. The lowest BCUT2D eigenvalue weighted by molar-refractivity contribution is 0.0690. The van der Waals surface area contributed by atoms with Gasteiger partial charge < -0.3 is 5.11 Å². The van der Waals surface area contributed by atoms with Gasteiger partial charge in [0, 0.05) is 5.75 Å². The molecule has 0 amide bonds. The zero-order valence-corrected chi connectivity index (χ0v) is 11.3. The minimum atomic E-state index is -0.970. The summed E-state index contributed by atoms with van der Waals surface area (Å²) in [5.41, 5.74) is 1.93. The maximum absolute atomic E-state index is 11.1. The first-order valence-electron chi connectivity index (χ1n) is 5.26. The van der Waals surface area contributed by atoms with E-state index in [0.29, 0.717) is 16.5 Å². The summed E-state index contributed by atoms with van der Waals surface area (Å²) in [7, 11) is 0. The molecule has 0 bridgehead atoms. The molecular formula is C12H16N2O2S. The van der Waals surface area contributed by atoms with Crippen molar-refractivity contribution in [2.24, 2.45) is 0 Å². The summed E-state index contributed by atoms with van der Waals surface area (Å²) in [6.07, 6.45) is 2.04. The highest BCUT2D eigenvalue weighted by molar-refractivity contribution is 7.99. The van der Waals surface area contributed by atoms with Crippen LogP contribution < -0.4 is 0 Å². The summed E-state index contributed by atoms with van der Waals surface area (Å²) >= 11 is 1.42. The van der Waals surface area contributed by atoms with E-state index in [9.17, 15) is 4.79 Å². The predicted molar refractivity (Wildman–Crippen MR) is 68.6 cm³/mol. The van der Waals surface area contributed by atoms with Crippen LogP contribution in [0, 0.1) is 13.8 Å². The molecule has 17 heavy (non-hydrogen) atoms. The molecule has 1 aromatic rings. The molecule has 4 nitrogen and oxygen atoms in total. The molecule has 0 saturated carbocycles. The molecule has 0 aliphatic carbocycles. The van der Waals surface area contributed by atoms with Crippen molar-refractivity contribution in [3.63, 3.8) is 0 Å². The zero-order chi connectivity index (χ0) is 13.0. The second kappa shape index (κ2) is 5.82. The van der Waals surface area contributed by atoms with Crippen LogP contribution in [0.3, 0.4) is 0 Å². The van der Waals surface area contributed by atoms with Gasteiger partial charge in [0.15, 0.2) is 0 Å². The molecule has 1 heterocycles. The third-order valence-electron chi connectivity index (χ3n) is 2.09. The molecule has 0 radical (unpaired) electrons. The molecule has 5 heteroatoms. The largest absolute Gasteiger partial charge is 0.478 e. The van der Waals surface area contributed by atoms with Crippen LogP contribution in [0.4, 0.5) is 0 Å². The Morgan fingerprint density at radius 1 is 1.35 bits per heavy atom. The normalized spacial score (nSPS) is 10.1. The number of carboxylic acids is 1. The Balaban J connectivity index is 3.04. The maximum Gasteiger partial charge on any atom is 0.340 e. The fourth-order valence-corrected chi connectivity index (χ4v) is 2.47. The number of hydrogen-bond acceptors (Lipinski definition) is 4. The fraction of sp³-hybridized carbons (Fsp3) is 0.417. The minimum Gasteiger partial charge on any atom is -0.478 e. The second-order valence-corrected chi connectivity index (χ2v) is 4.94. The van der Waals surface area contributed by atoms with Gasteiger partial charge in [-0.05, 0) is 27.7 Å². The Morgan fingerprint density at radius 3 is 2.53 bits per heavy atom. The monoisotopic (exact) mass is 252 g/mol. The number of nitrogens with zero attached hydrogens (tertiary/aromatic N) is 2. The lowest BCUT2D eigenvalue weighted by Crippen LogP contribution is -2.08. The van der Waals surface area contributed by atoms with Crippen molar-refractivity contribution in [1.82, 2.24) is 9.97 Å². The van der Waals surface area contributed by atoms with Gasteiger partial charge >= 0.3 is 5.97 Å². The number of thioether (sulfide) groups is 1. The van der Waals surface area contributed by atoms with E-state index in [1.807, 2.05) is 19.9 Å². The molecule has 1 N–H and O–H groups in total. The predicted octanol–water partition coefficient (Wildman–Crippen LogP) is 2.85. The average molecular weight is 252 g/mol. The Hall–Kier alpha value is -1.36. The van der Waals surface area contributed by atoms with Crippen molar-refractivity contribution in [3.05, 3.63) is 28.7 Å². The summed E-state index contributed by atoms with van der Waals surface area (Å²) in [5.74, 6) is 0.354. The van der Waals surface area contributed by atoms with Crippen molar-refractivity contribution in [3.8, 4) is 0 Å². The molecule has 0 fully saturated rings. The van der Waals surface area contributed by atoms with Gasteiger partial charge in [0.1, 0.15) is 16.4 Å². The molecule has 0 aliphatic heterocycles. The van der Waals surface area contributed by atoms with Crippen LogP contribution in [0.25, 0.3) is 0 Å². The molecule has 1 rings (SSSR count). The summed E-state index contributed by atoms with van der Waals surface area (Å²) in [5, 5.41) is 9.68. The Morgan fingerprint density at radius 2 is 2.00 bits per heavy atom. The van der Waals surface area contributed by atoms with Gasteiger partial charge in [0.2, 0.25) is 0 Å². The highest BCUT2D eigenvalue weighted by atomic mass is 32.2. The van der Waals surface area contributed by atoms with Crippen molar-refractivity contribution < 1.29 is 9.90 Å². The van der Waals surface area contributed by atoms with Crippen molar-refractivity contribution >= 4 is 17.7 Å². The van der Waals surface area contributed by atoms with E-state index in [-0.39, 0.29) is 5.56 Å². The van der Waals surface area contributed by atoms with Gasteiger partial charge in [-0.25, -0.2) is 14.8 Å². The maximum atomic E-state index is 11.1. The Bertz CT molecular complexity index is 466. The molecule has 0 spiro atoms. The summed E-state index contributed by atoms with van der Waals surface area (Å²) in [6.45, 7) is 7.48. The minimum absolute atomic E-state index is 0.211. The van der Waals surface area contributed by atoms with E-state index >= 15 is 0 Å². The summed E-state index contributed by atoms with van der Waals surface area (Å²) < 4.78 is 0. The van der Waals surface area contributed by atoms with Gasteiger partial charge in [-0.3, -0.25) is 0 Å². The van der Waals surface area contributed by atoms with E-state index in [1.165, 1.54) is 17.3 Å². The smallest absolute Gasteiger partial charge is 0.340 e. The van der Waals surface area contributed by atoms with Crippen LogP contribution in [-0.4, -0.2) is 26.8 Å². The standard InChI is InChI=1S/C12H16N2O2S/c1-7(2)5-6-17-11-10(12(15)16)8(3)13-9(4)14-11/h5H,6H2,1-4H3,(H,15,16). The first-order chi connectivity index (χ1) is 7.91. The zero-order valence-electron chi connectivity index (χ0n) is 10.4. The van der Waals surface area contributed by atoms with Gasteiger partial charge in [0.05, 0.1) is 5.69 Å². The van der Waals surface area contributed by atoms with Crippen molar-refractivity contribution in [1.29, 1.82) is 0 Å². The molecule has 1 aromatic heterocycles. The Labute approximate surface area is 105 Å². The lowest BCUT2D eigenvalue weighted by Gasteiger charge is -2.07. The molecular weight excluding hydrogens is 236 g/mol. The third kappa shape index (κ3) is 3.85. The molecule has 0 saturated heterocycles. The first kappa shape index (κ1) is 13.7. The van der Waals surface area contributed by atoms with Gasteiger partial charge in [0.25, 0.3) is 0 Å². The number of aromatic nitrogens is 2. The highest BCUT2D eigenvalue weighted by Gasteiger charge is 2.16. The first-order valence-corrected chi connectivity index (χ1v) is 6.25. The number of hydrogen-bond donors (Lipinski definition) is 1. The van der Waals surface area contributed by atoms with Crippen LogP contribution >= 0.6 is 11.8 Å². The number of carboxylic acid groups (broad SMARTS) is 1. The molecule has 92 valence electrons. The topological polar surface area (TPSA) is 63.1 Å². The van der Waals surface area contributed by atoms with Crippen molar-refractivity contribution in [2.45, 2.75) is 32.7 Å². The van der Waals surface area contributed by atoms with E-state index in [0.717, 1.165) is 5.75 Å². The summed E-state index contributed by atoms with van der Waals surface area (Å²) in [6, 6.07) is 0. The molecule has 0 aliphatic rings. The SMILES string of the molecule is CC(C)=CCSc1nc(C)nc(C)c1C(=O)O. The van der Waals surface area contributed by atoms with E-state index in [4.69, 9.17) is 5.11 Å². The highest BCUT2D eigenvalue weighted by Crippen LogP contribution is 2.23. The molecule has 0 unspecified atom stereocenters. The van der Waals surface area contributed by atoms with Crippen LogP contribution in [0.2, 0.25) is 0 Å². The lowest BCUT2D eigenvalue weighted by atomic mass is 10.2. The van der Waals surface area contributed by atoms with Crippen LogP contribution in [0.5, 0.6) is 0 Å². The number of aryl methyl sites for hydroxylation is 2. The molecule has 0 aromatic carbocycles. The van der Waals surface area contributed by atoms with Crippen LogP contribution in [-0.2, 0) is 0 Å². The van der Waals surface area contributed by atoms with Gasteiger partial charge in [-0.1, -0.05) is 11.6 Å². The molecule has 0 atom stereocenters. The third-order valence-corrected chi connectivity index (χ3v) is 3.00. The summed E-state index contributed by atoms with van der Waals surface area (Å²) in [4.78, 5) is 19.4. The van der Waals surface area contributed by atoms with Crippen LogP contribution in [0.1, 0.15) is 35.7 Å². The number of aromatic carboxylic acids is 1. The fourth-order valence-electron chi connectivity index (χ4n) is 1.32. The Kier molecular flexibility index (Phi) is 4.69.